The van der Waals surface area contributed by atoms with Gasteiger partial charge in [0.2, 0.25) is 0 Å². The van der Waals surface area contributed by atoms with Gasteiger partial charge in [-0.15, -0.1) is 11.3 Å². The van der Waals surface area contributed by atoms with Crippen LogP contribution in [0.3, 0.4) is 0 Å². The zero-order valence-electron chi connectivity index (χ0n) is 8.80. The van der Waals surface area contributed by atoms with Gasteiger partial charge in [-0.25, -0.2) is 0 Å². The number of nitrogens with one attached hydrogen (secondary N) is 1. The first kappa shape index (κ1) is 10.1. The Morgan fingerprint density at radius 1 is 1.64 bits per heavy atom. The van der Waals surface area contributed by atoms with Gasteiger partial charge in [0.05, 0.1) is 12.7 Å². The summed E-state index contributed by atoms with van der Waals surface area (Å²) < 4.78 is 5.79. The maximum Gasteiger partial charge on any atom is 0.0962 e. The fourth-order valence-electron chi connectivity index (χ4n) is 2.03. The van der Waals surface area contributed by atoms with Crippen molar-refractivity contribution in [3.8, 4) is 0 Å². The molecule has 1 aromatic heterocycles. The van der Waals surface area contributed by atoms with Gasteiger partial charge < -0.3 is 10.1 Å². The highest BCUT2D eigenvalue weighted by molar-refractivity contribution is 7.10. The van der Waals surface area contributed by atoms with E-state index in [1.807, 2.05) is 18.4 Å². The standard InChI is InChI=1S/C11H17NOS/c1-3-8-7-14-10-4-5-13-9(6-12-2)11(8)10/h7,9,12H,3-6H2,1-2H3. The third-order valence-corrected chi connectivity index (χ3v) is 3.84. The lowest BCUT2D eigenvalue weighted by Crippen LogP contribution is -2.25. The third-order valence-electron chi connectivity index (χ3n) is 2.73. The van der Waals surface area contributed by atoms with Crippen LogP contribution in [0.5, 0.6) is 0 Å². The van der Waals surface area contributed by atoms with E-state index in [0.717, 1.165) is 26.0 Å². The molecule has 0 bridgehead atoms. The molecule has 0 saturated heterocycles. The van der Waals surface area contributed by atoms with E-state index in [-0.39, 0.29) is 6.10 Å². The average Bonchev–Trinajstić information content (AvgIpc) is 2.62. The lowest BCUT2D eigenvalue weighted by molar-refractivity contribution is 0.0445. The Kier molecular flexibility index (Phi) is 3.21. The molecule has 1 unspecified atom stereocenters. The van der Waals surface area contributed by atoms with Crippen molar-refractivity contribution in [2.45, 2.75) is 25.9 Å². The molecule has 0 fully saturated rings. The van der Waals surface area contributed by atoms with Gasteiger partial charge in [-0.2, -0.15) is 0 Å². The van der Waals surface area contributed by atoms with Crippen molar-refractivity contribution in [2.75, 3.05) is 20.2 Å². The molecule has 2 heterocycles. The molecule has 1 atom stereocenters. The Morgan fingerprint density at radius 2 is 2.50 bits per heavy atom. The summed E-state index contributed by atoms with van der Waals surface area (Å²) in [4.78, 5) is 1.54. The van der Waals surface area contributed by atoms with Gasteiger partial charge in [0, 0.05) is 17.8 Å². The highest BCUT2D eigenvalue weighted by Gasteiger charge is 2.24. The molecule has 0 amide bonds. The average molecular weight is 211 g/mol. The van der Waals surface area contributed by atoms with Crippen LogP contribution in [-0.2, 0) is 17.6 Å². The van der Waals surface area contributed by atoms with Crippen LogP contribution in [-0.4, -0.2) is 20.2 Å². The smallest absolute Gasteiger partial charge is 0.0962 e. The molecule has 1 N–H and O–H groups in total. The Bertz CT molecular complexity index is 295. The highest BCUT2D eigenvalue weighted by atomic mass is 32.1. The number of ether oxygens (including phenoxy) is 1. The van der Waals surface area contributed by atoms with Crippen molar-refractivity contribution >= 4 is 11.3 Å². The van der Waals surface area contributed by atoms with Crippen LogP contribution in [0.4, 0.5) is 0 Å². The summed E-state index contributed by atoms with van der Waals surface area (Å²) >= 11 is 1.90. The topological polar surface area (TPSA) is 21.3 Å². The van der Waals surface area contributed by atoms with Gasteiger partial charge in [0.25, 0.3) is 0 Å². The van der Waals surface area contributed by atoms with Crippen molar-refractivity contribution < 1.29 is 4.74 Å². The third kappa shape index (κ3) is 1.72. The first-order valence-corrected chi connectivity index (χ1v) is 6.10. The lowest BCUT2D eigenvalue weighted by Gasteiger charge is -2.24. The van der Waals surface area contributed by atoms with Crippen LogP contribution >= 0.6 is 11.3 Å². The molecular weight excluding hydrogens is 194 g/mol. The Morgan fingerprint density at radius 3 is 3.21 bits per heavy atom. The van der Waals surface area contributed by atoms with Crippen molar-refractivity contribution in [3.63, 3.8) is 0 Å². The molecule has 1 aliphatic heterocycles. The van der Waals surface area contributed by atoms with Crippen molar-refractivity contribution in [3.05, 3.63) is 21.4 Å². The molecular formula is C11H17NOS. The quantitative estimate of drug-likeness (QED) is 0.827. The number of aryl methyl sites for hydroxylation is 1. The van der Waals surface area contributed by atoms with Gasteiger partial charge >= 0.3 is 0 Å². The molecule has 0 saturated carbocycles. The van der Waals surface area contributed by atoms with Crippen LogP contribution in [0.25, 0.3) is 0 Å². The van der Waals surface area contributed by atoms with Gasteiger partial charge in [0.15, 0.2) is 0 Å². The molecule has 0 aromatic carbocycles. The largest absolute Gasteiger partial charge is 0.372 e. The van der Waals surface area contributed by atoms with E-state index in [9.17, 15) is 0 Å². The minimum Gasteiger partial charge on any atom is -0.372 e. The zero-order valence-corrected chi connectivity index (χ0v) is 9.62. The molecule has 1 aromatic rings. The minimum absolute atomic E-state index is 0.282. The highest BCUT2D eigenvalue weighted by Crippen LogP contribution is 2.34. The van der Waals surface area contributed by atoms with Gasteiger partial charge in [-0.3, -0.25) is 0 Å². The SMILES string of the molecule is CCc1csc2c1C(CNC)OCC2. The molecule has 14 heavy (non-hydrogen) atoms. The molecule has 0 spiro atoms. The van der Waals surface area contributed by atoms with Crippen molar-refractivity contribution in [1.29, 1.82) is 0 Å². The summed E-state index contributed by atoms with van der Waals surface area (Å²) in [7, 11) is 1.98. The van der Waals surface area contributed by atoms with E-state index in [4.69, 9.17) is 4.74 Å². The molecule has 0 aliphatic carbocycles. The van der Waals surface area contributed by atoms with Crippen molar-refractivity contribution in [2.24, 2.45) is 0 Å². The Labute approximate surface area is 89.3 Å². The number of hydrogen-bond acceptors (Lipinski definition) is 3. The lowest BCUT2D eigenvalue weighted by atomic mass is 10.00. The normalized spacial score (nSPS) is 20.9. The first-order valence-electron chi connectivity index (χ1n) is 5.22. The summed E-state index contributed by atoms with van der Waals surface area (Å²) in [6.45, 7) is 4.02. The van der Waals surface area contributed by atoms with E-state index in [1.54, 1.807) is 0 Å². The number of fused-ring (bicyclic) bond motifs is 1. The fourth-order valence-corrected chi connectivity index (χ4v) is 3.19. The van der Waals surface area contributed by atoms with E-state index >= 15 is 0 Å². The second-order valence-corrected chi connectivity index (χ2v) is 4.58. The molecule has 0 radical (unpaired) electrons. The predicted octanol–water partition coefficient (Wildman–Crippen LogP) is 2.14. The maximum atomic E-state index is 5.79. The molecule has 3 heteroatoms. The number of thiophene rings is 1. The van der Waals surface area contributed by atoms with Crippen LogP contribution in [0, 0.1) is 0 Å². The molecule has 2 nitrogen and oxygen atoms in total. The zero-order chi connectivity index (χ0) is 9.97. The summed E-state index contributed by atoms with van der Waals surface area (Å²) in [6.07, 6.45) is 2.50. The van der Waals surface area contributed by atoms with E-state index in [2.05, 4.69) is 17.6 Å². The van der Waals surface area contributed by atoms with Gasteiger partial charge in [0.1, 0.15) is 0 Å². The van der Waals surface area contributed by atoms with E-state index < -0.39 is 0 Å². The first-order chi connectivity index (χ1) is 6.86. The number of rotatable bonds is 3. The Balaban J connectivity index is 2.30. The number of hydrogen-bond donors (Lipinski definition) is 1. The molecule has 1 aliphatic rings. The summed E-state index contributed by atoms with van der Waals surface area (Å²) in [6, 6.07) is 0. The van der Waals surface area contributed by atoms with Crippen LogP contribution in [0.15, 0.2) is 5.38 Å². The van der Waals surface area contributed by atoms with Crippen LogP contribution in [0.1, 0.15) is 29.0 Å². The molecule has 78 valence electrons. The fraction of sp³-hybridized carbons (Fsp3) is 0.636. The maximum absolute atomic E-state index is 5.79. The molecule has 2 rings (SSSR count). The van der Waals surface area contributed by atoms with Gasteiger partial charge in [-0.05, 0) is 30.0 Å². The van der Waals surface area contributed by atoms with Gasteiger partial charge in [-0.1, -0.05) is 6.92 Å². The Hall–Kier alpha value is -0.380. The van der Waals surface area contributed by atoms with Crippen molar-refractivity contribution in [1.82, 2.24) is 5.32 Å². The number of likely N-dealkylation sites (N-methyl/N-ethyl adjacent to an activating group) is 1. The monoisotopic (exact) mass is 211 g/mol. The van der Waals surface area contributed by atoms with E-state index in [0.29, 0.717) is 0 Å². The minimum atomic E-state index is 0.282. The van der Waals surface area contributed by atoms with E-state index in [1.165, 1.54) is 16.0 Å². The van der Waals surface area contributed by atoms with Crippen LogP contribution in [0.2, 0.25) is 0 Å². The van der Waals surface area contributed by atoms with Crippen LogP contribution < -0.4 is 5.32 Å². The summed E-state index contributed by atoms with van der Waals surface area (Å²) in [5.41, 5.74) is 2.95. The second-order valence-electron chi connectivity index (χ2n) is 3.62. The predicted molar refractivity (Wildman–Crippen MR) is 60.0 cm³/mol. The summed E-state index contributed by atoms with van der Waals surface area (Å²) in [5, 5.41) is 5.49. The second kappa shape index (κ2) is 4.43. The summed E-state index contributed by atoms with van der Waals surface area (Å²) in [5.74, 6) is 0.